The van der Waals surface area contributed by atoms with Crippen molar-refractivity contribution < 1.29 is 0 Å². The summed E-state index contributed by atoms with van der Waals surface area (Å²) < 4.78 is 0. The van der Waals surface area contributed by atoms with Gasteiger partial charge in [-0.15, -0.1) is 0 Å². The van der Waals surface area contributed by atoms with Gasteiger partial charge in [0.2, 0.25) is 0 Å². The molecule has 0 bridgehead atoms. The summed E-state index contributed by atoms with van der Waals surface area (Å²) in [5.41, 5.74) is 18.7. The Balaban J connectivity index is 1.17. The van der Waals surface area contributed by atoms with Gasteiger partial charge in [0.1, 0.15) is 0 Å². The van der Waals surface area contributed by atoms with E-state index in [1.807, 2.05) is 0 Å². The quantitative estimate of drug-likeness (QED) is 0.141. The zero-order chi connectivity index (χ0) is 41.6. The van der Waals surface area contributed by atoms with Gasteiger partial charge in [-0.2, -0.15) is 0 Å². The molecule has 0 amide bonds. The van der Waals surface area contributed by atoms with E-state index in [4.69, 9.17) is 11.8 Å². The average Bonchev–Trinajstić information content (AvgIpc) is 3.27. The average molecular weight is 832 g/mol. The molecule has 0 radical (unpaired) electrons. The van der Waals surface area contributed by atoms with E-state index >= 15 is 0 Å². The van der Waals surface area contributed by atoms with E-state index in [0.29, 0.717) is 0 Å². The minimum absolute atomic E-state index is 0.288. The van der Waals surface area contributed by atoms with Crippen LogP contribution in [0.1, 0.15) is 74.9 Å². The molecular formula is C57H42N3PS. The van der Waals surface area contributed by atoms with Crippen LogP contribution in [0.4, 0.5) is 51.2 Å². The summed E-state index contributed by atoms with van der Waals surface area (Å²) in [5.74, 6) is 0. The highest BCUT2D eigenvalue weighted by Gasteiger charge is 2.59. The third kappa shape index (κ3) is 3.51. The van der Waals surface area contributed by atoms with Crippen LogP contribution in [-0.4, -0.2) is 0 Å². The number of rotatable bonds is 0. The fourth-order valence-corrected chi connectivity index (χ4v) is 18.9. The smallest absolute Gasteiger partial charge is 0.0614 e. The molecule has 0 unspecified atom stereocenters. The molecule has 0 saturated heterocycles. The summed E-state index contributed by atoms with van der Waals surface area (Å²) in [5, 5.41) is 11.8. The van der Waals surface area contributed by atoms with Crippen molar-refractivity contribution in [2.24, 2.45) is 0 Å². The monoisotopic (exact) mass is 831 g/mol. The lowest BCUT2D eigenvalue weighted by atomic mass is 9.69. The molecule has 5 heteroatoms. The molecule has 0 N–H and O–H groups in total. The largest absolute Gasteiger partial charge is 0.308 e. The molecule has 296 valence electrons. The lowest BCUT2D eigenvalue weighted by Gasteiger charge is -2.58. The molecule has 62 heavy (non-hydrogen) atoms. The maximum absolute atomic E-state index is 7.82. The van der Waals surface area contributed by atoms with Gasteiger partial charge >= 0.3 is 0 Å². The van der Waals surface area contributed by atoms with Gasteiger partial charge in [0.25, 0.3) is 0 Å². The third-order valence-electron chi connectivity index (χ3n) is 16.1. The highest BCUT2D eigenvalue weighted by atomic mass is 32.4. The molecule has 0 saturated carbocycles. The SMILES string of the molecule is CC1(C)c2ccc3c4c2N(c2ccc5c6c2P4(=S)c2c(ccc4c2N3c2ccc3ccccc3c2C4(C)C)N6c2ccc3ccccc3c2C5(C)C)c2ccc3ccccc3c21. The molecule has 0 spiro atoms. The molecule has 6 aliphatic rings. The van der Waals surface area contributed by atoms with Crippen LogP contribution in [0, 0.1) is 0 Å². The summed E-state index contributed by atoms with van der Waals surface area (Å²) in [6, 6.07) is 53.2. The molecule has 0 aliphatic carbocycles. The topological polar surface area (TPSA) is 9.72 Å². The van der Waals surface area contributed by atoms with Crippen molar-refractivity contribution >= 4 is 117 Å². The Hall–Kier alpha value is -6.19. The van der Waals surface area contributed by atoms with Gasteiger partial charge in [-0.25, -0.2) is 0 Å². The minimum atomic E-state index is -2.76. The van der Waals surface area contributed by atoms with Crippen molar-refractivity contribution in [2.45, 2.75) is 57.8 Å². The molecule has 6 aliphatic heterocycles. The van der Waals surface area contributed by atoms with Crippen LogP contribution in [-0.2, 0) is 28.1 Å². The molecule has 0 fully saturated rings. The summed E-state index contributed by atoms with van der Waals surface area (Å²) in [6.45, 7) is 14.7. The number of anilines is 9. The van der Waals surface area contributed by atoms with Gasteiger partial charge in [-0.3, -0.25) is 0 Å². The third-order valence-corrected chi connectivity index (χ3v) is 20.9. The van der Waals surface area contributed by atoms with Crippen LogP contribution in [0.3, 0.4) is 0 Å². The number of benzene rings is 9. The van der Waals surface area contributed by atoms with Crippen LogP contribution >= 0.6 is 6.04 Å². The number of fused-ring (bicyclic) bond motifs is 15. The van der Waals surface area contributed by atoms with Gasteiger partial charge in [0.05, 0.1) is 57.2 Å². The fourth-order valence-electron chi connectivity index (χ4n) is 13.5. The van der Waals surface area contributed by atoms with E-state index in [9.17, 15) is 0 Å². The Bertz CT molecular complexity index is 3360. The summed E-state index contributed by atoms with van der Waals surface area (Å²) >= 11 is 7.82. The van der Waals surface area contributed by atoms with Crippen molar-refractivity contribution in [3.05, 3.63) is 179 Å². The number of hydrogen-bond donors (Lipinski definition) is 0. The summed E-state index contributed by atoms with van der Waals surface area (Å²) in [7, 11) is 0. The van der Waals surface area contributed by atoms with E-state index in [2.05, 4.69) is 202 Å². The molecule has 3 nitrogen and oxygen atoms in total. The highest BCUT2D eigenvalue weighted by Crippen LogP contribution is 2.73. The second-order valence-electron chi connectivity index (χ2n) is 20.0. The molecule has 9 aromatic rings. The van der Waals surface area contributed by atoms with Crippen molar-refractivity contribution in [1.82, 2.24) is 0 Å². The lowest BCUT2D eigenvalue weighted by molar-refractivity contribution is 0.634. The number of nitrogens with zero attached hydrogens (tertiary/aromatic N) is 3. The van der Waals surface area contributed by atoms with Crippen LogP contribution in [0.2, 0.25) is 0 Å². The first kappa shape index (κ1) is 34.4. The van der Waals surface area contributed by atoms with Crippen LogP contribution in [0.25, 0.3) is 32.3 Å². The van der Waals surface area contributed by atoms with Gasteiger partial charge in [0, 0.05) is 32.2 Å². The second kappa shape index (κ2) is 10.5. The first-order valence-electron chi connectivity index (χ1n) is 22.1. The Labute approximate surface area is 366 Å². The van der Waals surface area contributed by atoms with Gasteiger partial charge in [0.15, 0.2) is 0 Å². The summed E-state index contributed by atoms with van der Waals surface area (Å²) in [6.07, 6.45) is 0. The van der Waals surface area contributed by atoms with E-state index in [1.54, 1.807) is 0 Å². The molecular weight excluding hydrogens is 790 g/mol. The van der Waals surface area contributed by atoms with E-state index in [-0.39, 0.29) is 16.2 Å². The van der Waals surface area contributed by atoms with Gasteiger partial charge in [-0.1, -0.05) is 163 Å². The zero-order valence-corrected chi connectivity index (χ0v) is 37.3. The maximum Gasteiger partial charge on any atom is 0.0614 e. The molecule has 6 heterocycles. The van der Waals surface area contributed by atoms with Crippen molar-refractivity contribution in [3.63, 3.8) is 0 Å². The van der Waals surface area contributed by atoms with Crippen LogP contribution in [0.15, 0.2) is 146 Å². The minimum Gasteiger partial charge on any atom is -0.308 e. The van der Waals surface area contributed by atoms with E-state index in [1.165, 1.54) is 133 Å². The normalized spacial score (nSPS) is 18.3. The standard InChI is InChI=1S/C57H42N3PS/c1-55(2)37-22-28-43-52-49(37)58(40-25-19-31-13-7-10-16-34(31)46(40)55)44-29-23-38-50-53(44)61(52,62)54-45(60(50)42-27-21-33-15-9-12-18-36(33)48(42)56(38,3)4)30-24-39-51(54)59(43)41-26-20-32-14-8-11-17-35(32)47(41)57(39,5)6/h7-30H,1-6H3. The van der Waals surface area contributed by atoms with Crippen LogP contribution in [0.5, 0.6) is 0 Å². The molecule has 15 rings (SSSR count). The zero-order valence-electron chi connectivity index (χ0n) is 35.6. The lowest BCUT2D eigenvalue weighted by Crippen LogP contribution is -2.52. The Morgan fingerprint density at radius 1 is 0.339 bits per heavy atom. The van der Waals surface area contributed by atoms with Crippen molar-refractivity contribution in [1.29, 1.82) is 0 Å². The molecule has 0 atom stereocenters. The maximum atomic E-state index is 7.82. The Morgan fingerprint density at radius 3 is 0.919 bits per heavy atom. The Morgan fingerprint density at radius 2 is 0.613 bits per heavy atom. The predicted molar refractivity (Wildman–Crippen MR) is 266 cm³/mol. The van der Waals surface area contributed by atoms with Gasteiger partial charge < -0.3 is 14.7 Å². The van der Waals surface area contributed by atoms with E-state index < -0.39 is 6.04 Å². The predicted octanol–water partition coefficient (Wildman–Crippen LogP) is 14.2. The van der Waals surface area contributed by atoms with Crippen molar-refractivity contribution in [2.75, 3.05) is 14.7 Å². The number of hydrogen-bond acceptors (Lipinski definition) is 4. The highest BCUT2D eigenvalue weighted by molar-refractivity contribution is 8.26. The van der Waals surface area contributed by atoms with E-state index in [0.717, 1.165) is 0 Å². The first-order valence-corrected chi connectivity index (χ1v) is 24.9. The summed E-state index contributed by atoms with van der Waals surface area (Å²) in [4.78, 5) is 7.99. The van der Waals surface area contributed by atoms with Gasteiger partial charge in [-0.05, 0) is 102 Å². The van der Waals surface area contributed by atoms with Crippen LogP contribution < -0.4 is 30.6 Å². The first-order chi connectivity index (χ1) is 29.9. The molecule has 0 aromatic heterocycles. The van der Waals surface area contributed by atoms with Crippen molar-refractivity contribution in [3.8, 4) is 0 Å². The second-order valence-corrected chi connectivity index (χ2v) is 24.2. The fraction of sp³-hybridized carbons (Fsp3) is 0.158. The molecule has 9 aromatic carbocycles. The Kier molecular flexibility index (Phi) is 5.84.